The number of hydrogen-bond acceptors (Lipinski definition) is 4. The molecule has 5 nitrogen and oxygen atoms in total. The van der Waals surface area contributed by atoms with Gasteiger partial charge in [0.1, 0.15) is 5.94 Å². The summed E-state index contributed by atoms with van der Waals surface area (Å²) in [6.45, 7) is 0. The number of benzene rings is 1. The van der Waals surface area contributed by atoms with Gasteiger partial charge in [0.15, 0.2) is 10.3 Å². The van der Waals surface area contributed by atoms with Crippen molar-refractivity contribution in [2.75, 3.05) is 19.0 Å². The van der Waals surface area contributed by atoms with E-state index in [4.69, 9.17) is 23.2 Å². The molecule has 0 bridgehead atoms. The number of halogens is 2. The largest absolute Gasteiger partial charge is 0.378 e. The standard InChI is InChI=1S/C14H11Cl2N3O2/c1-18(2)10-5-3-4-9(8-10)11-12(15)17-13(16)14(21)19(11)6-7-20/h3-6,8H,1-2H3. The van der Waals surface area contributed by atoms with E-state index in [1.807, 2.05) is 37.2 Å². The molecule has 0 N–H and O–H groups in total. The number of anilines is 1. The molecular weight excluding hydrogens is 313 g/mol. The number of nitrogens with zero attached hydrogens (tertiary/aromatic N) is 3. The van der Waals surface area contributed by atoms with Crippen LogP contribution in [0.2, 0.25) is 10.3 Å². The summed E-state index contributed by atoms with van der Waals surface area (Å²) < 4.78 is 1.04. The highest BCUT2D eigenvalue weighted by Crippen LogP contribution is 2.28. The molecule has 0 amide bonds. The fraction of sp³-hybridized carbons (Fsp3) is 0.143. The Morgan fingerprint density at radius 1 is 1.29 bits per heavy atom. The molecule has 0 saturated carbocycles. The Morgan fingerprint density at radius 2 is 2.00 bits per heavy atom. The zero-order valence-electron chi connectivity index (χ0n) is 11.3. The van der Waals surface area contributed by atoms with Gasteiger partial charge in [0.2, 0.25) is 0 Å². The maximum atomic E-state index is 12.0. The van der Waals surface area contributed by atoms with Crippen LogP contribution in [0.5, 0.6) is 0 Å². The Bertz CT molecular complexity index is 793. The molecule has 108 valence electrons. The van der Waals surface area contributed by atoms with Crippen molar-refractivity contribution in [1.82, 2.24) is 9.55 Å². The fourth-order valence-electron chi connectivity index (χ4n) is 1.85. The average Bonchev–Trinajstić information content (AvgIpc) is 2.45. The first-order valence-electron chi connectivity index (χ1n) is 5.92. The van der Waals surface area contributed by atoms with E-state index < -0.39 is 5.56 Å². The van der Waals surface area contributed by atoms with Crippen molar-refractivity contribution in [2.24, 2.45) is 0 Å². The zero-order chi connectivity index (χ0) is 15.6. The third-order valence-corrected chi connectivity index (χ3v) is 3.36. The molecule has 0 atom stereocenters. The summed E-state index contributed by atoms with van der Waals surface area (Å²) in [5, 5.41) is -0.277. The third kappa shape index (κ3) is 3.00. The first kappa shape index (κ1) is 15.3. The molecule has 0 aliphatic carbocycles. The minimum Gasteiger partial charge on any atom is -0.378 e. The van der Waals surface area contributed by atoms with Crippen LogP contribution in [0.3, 0.4) is 0 Å². The molecular formula is C14H11Cl2N3O2. The molecule has 0 unspecified atom stereocenters. The molecule has 2 aromatic rings. The van der Waals surface area contributed by atoms with Crippen LogP contribution in [0.4, 0.5) is 5.69 Å². The molecule has 0 spiro atoms. The summed E-state index contributed by atoms with van der Waals surface area (Å²) in [5.74, 6) is 1.56. The molecule has 0 saturated heterocycles. The number of rotatable bonds is 3. The molecule has 0 aliphatic rings. The molecule has 1 aromatic carbocycles. The van der Waals surface area contributed by atoms with Gasteiger partial charge in [0.05, 0.1) is 11.9 Å². The van der Waals surface area contributed by atoms with Gasteiger partial charge in [0, 0.05) is 25.3 Å². The van der Waals surface area contributed by atoms with Crippen LogP contribution in [0.15, 0.2) is 29.1 Å². The van der Waals surface area contributed by atoms with Gasteiger partial charge < -0.3 is 4.90 Å². The highest BCUT2D eigenvalue weighted by molar-refractivity contribution is 6.34. The van der Waals surface area contributed by atoms with Gasteiger partial charge in [0.25, 0.3) is 5.56 Å². The van der Waals surface area contributed by atoms with Crippen LogP contribution in [0.1, 0.15) is 0 Å². The molecule has 0 radical (unpaired) electrons. The second-order valence-electron chi connectivity index (χ2n) is 4.41. The lowest BCUT2D eigenvalue weighted by molar-refractivity contribution is 0.569. The molecule has 0 aliphatic heterocycles. The molecule has 1 heterocycles. The van der Waals surface area contributed by atoms with Gasteiger partial charge in [-0.15, -0.1) is 0 Å². The lowest BCUT2D eigenvalue weighted by Crippen LogP contribution is -2.20. The summed E-state index contributed by atoms with van der Waals surface area (Å²) in [6, 6.07) is 7.30. The number of carbonyl (C=O) groups excluding carboxylic acids is 1. The zero-order valence-corrected chi connectivity index (χ0v) is 12.8. The van der Waals surface area contributed by atoms with Crippen LogP contribution < -0.4 is 10.5 Å². The van der Waals surface area contributed by atoms with Crippen molar-refractivity contribution >= 4 is 41.0 Å². The lowest BCUT2D eigenvalue weighted by atomic mass is 10.1. The van der Waals surface area contributed by atoms with E-state index in [0.717, 1.165) is 16.5 Å². The van der Waals surface area contributed by atoms with Crippen molar-refractivity contribution in [3.8, 4) is 11.3 Å². The van der Waals surface area contributed by atoms with Gasteiger partial charge in [-0.05, 0) is 12.1 Å². The van der Waals surface area contributed by atoms with E-state index in [1.54, 1.807) is 12.0 Å². The van der Waals surface area contributed by atoms with Crippen molar-refractivity contribution in [3.63, 3.8) is 0 Å². The number of aromatic nitrogens is 2. The SMILES string of the molecule is CN(C)c1cccc(-c2c(Cl)nc(Cl)c(=O)n2C=C=O)c1. The first-order chi connectivity index (χ1) is 9.95. The predicted octanol–water partition coefficient (Wildman–Crippen LogP) is 2.59. The minimum atomic E-state index is -0.630. The van der Waals surface area contributed by atoms with Crippen molar-refractivity contribution in [1.29, 1.82) is 0 Å². The molecule has 2 rings (SSSR count). The second-order valence-corrected chi connectivity index (χ2v) is 5.12. The summed E-state index contributed by atoms with van der Waals surface area (Å²) >= 11 is 11.8. The van der Waals surface area contributed by atoms with Gasteiger partial charge in [-0.3, -0.25) is 9.36 Å². The molecule has 1 aromatic heterocycles. The molecule has 21 heavy (non-hydrogen) atoms. The summed E-state index contributed by atoms with van der Waals surface area (Å²) in [5.41, 5.74) is 1.21. The lowest BCUT2D eigenvalue weighted by Gasteiger charge is -2.15. The van der Waals surface area contributed by atoms with E-state index in [9.17, 15) is 9.59 Å². The average molecular weight is 324 g/mol. The monoisotopic (exact) mass is 323 g/mol. The third-order valence-electron chi connectivity index (χ3n) is 2.85. The van der Waals surface area contributed by atoms with Crippen LogP contribution in [0.25, 0.3) is 17.5 Å². The first-order valence-corrected chi connectivity index (χ1v) is 6.67. The van der Waals surface area contributed by atoms with E-state index in [1.165, 1.54) is 0 Å². The normalized spacial score (nSPS) is 10.1. The van der Waals surface area contributed by atoms with Gasteiger partial charge in [-0.25, -0.2) is 9.78 Å². The Morgan fingerprint density at radius 3 is 2.62 bits per heavy atom. The smallest absolute Gasteiger partial charge is 0.293 e. The van der Waals surface area contributed by atoms with E-state index in [0.29, 0.717) is 5.56 Å². The maximum absolute atomic E-state index is 12.0. The Labute approximate surface area is 131 Å². The van der Waals surface area contributed by atoms with E-state index >= 15 is 0 Å². The second kappa shape index (κ2) is 6.14. The topological polar surface area (TPSA) is 55.2 Å². The predicted molar refractivity (Wildman–Crippen MR) is 84.7 cm³/mol. The highest BCUT2D eigenvalue weighted by atomic mass is 35.5. The van der Waals surface area contributed by atoms with Crippen LogP contribution >= 0.6 is 23.2 Å². The fourth-order valence-corrected chi connectivity index (χ4v) is 2.36. The molecule has 7 heteroatoms. The Kier molecular flexibility index (Phi) is 4.48. The highest BCUT2D eigenvalue weighted by Gasteiger charge is 2.15. The van der Waals surface area contributed by atoms with Crippen molar-refractivity contribution in [3.05, 3.63) is 44.9 Å². The Hall–Kier alpha value is -2.07. The van der Waals surface area contributed by atoms with Crippen LogP contribution in [-0.4, -0.2) is 29.6 Å². The summed E-state index contributed by atoms with van der Waals surface area (Å²) in [6.07, 6.45) is 0.944. The molecule has 0 fully saturated rings. The Balaban J connectivity index is 2.80. The minimum absolute atomic E-state index is 0.0296. The summed E-state index contributed by atoms with van der Waals surface area (Å²) in [4.78, 5) is 28.4. The summed E-state index contributed by atoms with van der Waals surface area (Å²) in [7, 11) is 3.78. The van der Waals surface area contributed by atoms with Crippen LogP contribution in [0, 0.1) is 0 Å². The van der Waals surface area contributed by atoms with Crippen molar-refractivity contribution < 1.29 is 4.79 Å². The van der Waals surface area contributed by atoms with E-state index in [2.05, 4.69) is 4.98 Å². The maximum Gasteiger partial charge on any atom is 0.293 e. The van der Waals surface area contributed by atoms with Gasteiger partial charge in [-0.2, -0.15) is 0 Å². The van der Waals surface area contributed by atoms with Gasteiger partial charge >= 0.3 is 0 Å². The van der Waals surface area contributed by atoms with Gasteiger partial charge in [-0.1, -0.05) is 35.3 Å². The van der Waals surface area contributed by atoms with Crippen molar-refractivity contribution in [2.45, 2.75) is 0 Å². The quantitative estimate of drug-likeness (QED) is 0.815. The number of hydrogen-bond donors (Lipinski definition) is 0. The van der Waals surface area contributed by atoms with Crippen LogP contribution in [-0.2, 0) is 4.79 Å². The van der Waals surface area contributed by atoms with E-state index in [-0.39, 0.29) is 16.0 Å².